The predicted octanol–water partition coefficient (Wildman–Crippen LogP) is 4.33. The third kappa shape index (κ3) is 5.25. The molecule has 0 bridgehead atoms. The van der Waals surface area contributed by atoms with Gasteiger partial charge in [0.15, 0.2) is 11.3 Å². The Kier molecular flexibility index (Phi) is 6.58. The summed E-state index contributed by atoms with van der Waals surface area (Å²) in [7, 11) is 0. The van der Waals surface area contributed by atoms with Gasteiger partial charge in [-0.15, -0.1) is 0 Å². The molecule has 0 saturated heterocycles. The highest BCUT2D eigenvalue weighted by Crippen LogP contribution is 2.43. The average molecular weight is 542 g/mol. The van der Waals surface area contributed by atoms with Crippen LogP contribution in [0.1, 0.15) is 97.8 Å². The zero-order valence-corrected chi connectivity index (χ0v) is 22.1. The van der Waals surface area contributed by atoms with E-state index in [0.717, 1.165) is 31.2 Å². The van der Waals surface area contributed by atoms with Crippen LogP contribution in [0.2, 0.25) is 0 Å². The van der Waals surface area contributed by atoms with E-state index in [2.05, 4.69) is 37.6 Å². The van der Waals surface area contributed by atoms with Gasteiger partial charge < -0.3 is 10.6 Å². The van der Waals surface area contributed by atoms with Gasteiger partial charge in [0.05, 0.1) is 30.2 Å². The fraction of sp³-hybridized carbons (Fsp3) is 0.630. The summed E-state index contributed by atoms with van der Waals surface area (Å²) < 4.78 is 34.2. The first kappa shape index (κ1) is 25.8. The number of amides is 2. The maximum absolute atomic E-state index is 14.0. The molecule has 12 heteroatoms. The number of aryl methyl sites for hydroxylation is 1. The molecule has 208 valence electrons. The molecular formula is C27H33F2N7O3. The Hall–Kier alpha value is -3.44. The number of nitrogens with one attached hydrogen (secondary N) is 2. The van der Waals surface area contributed by atoms with Gasteiger partial charge in [0.25, 0.3) is 5.91 Å². The molecule has 4 atom stereocenters. The molecular weight excluding hydrogens is 508 g/mol. The summed E-state index contributed by atoms with van der Waals surface area (Å²) in [6.07, 6.45) is 7.59. The minimum atomic E-state index is -2.70. The molecule has 3 aliphatic rings. The normalized spacial score (nSPS) is 24.6. The molecule has 6 rings (SSSR count). The largest absolute Gasteiger partial charge is 0.349 e. The van der Waals surface area contributed by atoms with E-state index in [9.17, 15) is 18.4 Å². The number of aromatic nitrogens is 5. The number of halogens is 2. The quantitative estimate of drug-likeness (QED) is 0.435. The van der Waals surface area contributed by atoms with Crippen LogP contribution in [-0.4, -0.2) is 42.6 Å². The van der Waals surface area contributed by atoms with Gasteiger partial charge >= 0.3 is 0 Å². The van der Waals surface area contributed by atoms with E-state index in [1.54, 1.807) is 23.8 Å². The molecule has 3 aliphatic carbocycles. The molecule has 3 fully saturated rings. The van der Waals surface area contributed by atoms with Gasteiger partial charge in [-0.05, 0) is 80.0 Å². The standard InChI is InChI=1S/C27H33F2N7O3/c1-14-3-6-19(14)25(37)32-23(16-4-5-16)18-11-21-31-20(13-36(21)30-12-18)24(17-7-9-27(28,29)10-8-17)33-26(38)22-15(2)34-39-35-22/h11-14,16-17,19,23-24H,3-10H2,1-2H3,(H,32,37)(H,33,38)/t14-,19+,23+,24-/m0/s1. The van der Waals surface area contributed by atoms with Crippen molar-refractivity contribution in [1.29, 1.82) is 0 Å². The van der Waals surface area contributed by atoms with Crippen molar-refractivity contribution < 1.29 is 23.0 Å². The van der Waals surface area contributed by atoms with E-state index in [1.807, 2.05) is 6.07 Å². The van der Waals surface area contributed by atoms with Gasteiger partial charge in [0.1, 0.15) is 5.69 Å². The van der Waals surface area contributed by atoms with Gasteiger partial charge in [-0.1, -0.05) is 12.1 Å². The summed E-state index contributed by atoms with van der Waals surface area (Å²) in [5.41, 5.74) is 2.39. The number of carbonyl (C=O) groups excluding carboxylic acids is 2. The summed E-state index contributed by atoms with van der Waals surface area (Å²) in [6.45, 7) is 3.72. The van der Waals surface area contributed by atoms with Gasteiger partial charge in [-0.3, -0.25) is 9.59 Å². The Balaban J connectivity index is 1.27. The van der Waals surface area contributed by atoms with Crippen LogP contribution in [0.4, 0.5) is 8.78 Å². The minimum absolute atomic E-state index is 0.0501. The smallest absolute Gasteiger partial charge is 0.276 e. The second-order valence-electron chi connectivity index (χ2n) is 11.6. The number of fused-ring (bicyclic) bond motifs is 1. The van der Waals surface area contributed by atoms with Crippen LogP contribution >= 0.6 is 0 Å². The van der Waals surface area contributed by atoms with Crippen molar-refractivity contribution in [2.45, 2.75) is 83.2 Å². The van der Waals surface area contributed by atoms with E-state index >= 15 is 0 Å². The van der Waals surface area contributed by atoms with Crippen molar-refractivity contribution in [3.8, 4) is 0 Å². The maximum atomic E-state index is 14.0. The fourth-order valence-electron chi connectivity index (χ4n) is 5.93. The zero-order chi connectivity index (χ0) is 27.3. The maximum Gasteiger partial charge on any atom is 0.276 e. The average Bonchev–Trinajstić information content (AvgIpc) is 3.50. The van der Waals surface area contributed by atoms with Crippen LogP contribution < -0.4 is 10.6 Å². The predicted molar refractivity (Wildman–Crippen MR) is 135 cm³/mol. The number of imidazole rings is 1. The van der Waals surface area contributed by atoms with Crippen LogP contribution in [0.15, 0.2) is 23.1 Å². The fourth-order valence-corrected chi connectivity index (χ4v) is 5.93. The van der Waals surface area contributed by atoms with Gasteiger partial charge in [-0.2, -0.15) is 5.10 Å². The number of hydrogen-bond donors (Lipinski definition) is 2. The molecule has 2 amide bonds. The number of rotatable bonds is 8. The van der Waals surface area contributed by atoms with Gasteiger partial charge in [-0.25, -0.2) is 22.9 Å². The van der Waals surface area contributed by atoms with Crippen molar-refractivity contribution >= 4 is 17.5 Å². The lowest BCUT2D eigenvalue weighted by molar-refractivity contribution is -0.130. The monoisotopic (exact) mass is 541 g/mol. The molecule has 3 heterocycles. The van der Waals surface area contributed by atoms with E-state index in [4.69, 9.17) is 4.98 Å². The molecule has 39 heavy (non-hydrogen) atoms. The lowest BCUT2D eigenvalue weighted by Crippen LogP contribution is -2.41. The zero-order valence-electron chi connectivity index (χ0n) is 22.1. The molecule has 2 N–H and O–H groups in total. The highest BCUT2D eigenvalue weighted by atomic mass is 19.3. The second kappa shape index (κ2) is 9.95. The van der Waals surface area contributed by atoms with E-state index < -0.39 is 17.9 Å². The highest BCUT2D eigenvalue weighted by molar-refractivity contribution is 5.93. The lowest BCUT2D eigenvalue weighted by atomic mass is 9.74. The van der Waals surface area contributed by atoms with Crippen LogP contribution in [0.25, 0.3) is 5.65 Å². The Morgan fingerprint density at radius 2 is 1.79 bits per heavy atom. The molecule has 0 radical (unpaired) electrons. The van der Waals surface area contributed by atoms with E-state index in [1.165, 1.54) is 0 Å². The van der Waals surface area contributed by atoms with E-state index in [0.29, 0.717) is 28.9 Å². The third-order valence-electron chi connectivity index (χ3n) is 8.77. The summed E-state index contributed by atoms with van der Waals surface area (Å²) in [6, 6.07) is 1.18. The molecule has 0 aromatic carbocycles. The lowest BCUT2D eigenvalue weighted by Gasteiger charge is -2.34. The van der Waals surface area contributed by atoms with E-state index in [-0.39, 0.29) is 55.2 Å². The Morgan fingerprint density at radius 3 is 2.41 bits per heavy atom. The van der Waals surface area contributed by atoms with Crippen molar-refractivity contribution in [3.05, 3.63) is 41.1 Å². The van der Waals surface area contributed by atoms with Gasteiger partial charge in [0.2, 0.25) is 11.8 Å². The number of hydrogen-bond acceptors (Lipinski definition) is 7. The molecule has 0 spiro atoms. The van der Waals surface area contributed by atoms with Crippen molar-refractivity contribution in [3.63, 3.8) is 0 Å². The topological polar surface area (TPSA) is 127 Å². The van der Waals surface area contributed by atoms with Crippen molar-refractivity contribution in [2.75, 3.05) is 0 Å². The molecule has 3 aromatic heterocycles. The van der Waals surface area contributed by atoms with Crippen LogP contribution in [-0.2, 0) is 4.79 Å². The molecule has 0 unspecified atom stereocenters. The summed E-state index contributed by atoms with van der Waals surface area (Å²) in [4.78, 5) is 30.7. The SMILES string of the molecule is Cc1nonc1C(=O)N[C@H](c1cn2ncc([C@H](NC(=O)[C@@H]3CC[C@@H]3C)C3CC3)cc2n1)C1CCC(F)(F)CC1. The molecule has 3 saturated carbocycles. The third-order valence-corrected chi connectivity index (χ3v) is 8.77. The summed E-state index contributed by atoms with van der Waals surface area (Å²) in [5.74, 6) is -2.49. The molecule has 10 nitrogen and oxygen atoms in total. The molecule has 3 aromatic rings. The second-order valence-corrected chi connectivity index (χ2v) is 11.6. The first-order chi connectivity index (χ1) is 18.7. The summed E-state index contributed by atoms with van der Waals surface area (Å²) in [5, 5.41) is 18.1. The van der Waals surface area contributed by atoms with Crippen molar-refractivity contribution in [1.82, 2.24) is 35.5 Å². The van der Waals surface area contributed by atoms with Gasteiger partial charge in [0, 0.05) is 18.8 Å². The Bertz CT molecular complexity index is 1370. The highest BCUT2D eigenvalue weighted by Gasteiger charge is 2.41. The van der Waals surface area contributed by atoms with Crippen molar-refractivity contribution in [2.24, 2.45) is 23.7 Å². The first-order valence-corrected chi connectivity index (χ1v) is 13.8. The van der Waals surface area contributed by atoms with Crippen LogP contribution in [0.3, 0.4) is 0 Å². The number of alkyl halides is 2. The minimum Gasteiger partial charge on any atom is -0.349 e. The molecule has 0 aliphatic heterocycles. The Labute approximate surface area is 224 Å². The van der Waals surface area contributed by atoms with Crippen LogP contribution in [0.5, 0.6) is 0 Å². The summed E-state index contributed by atoms with van der Waals surface area (Å²) >= 11 is 0. The first-order valence-electron chi connectivity index (χ1n) is 13.8. The number of nitrogens with zero attached hydrogens (tertiary/aromatic N) is 5. The Morgan fingerprint density at radius 1 is 1.05 bits per heavy atom. The number of carbonyl (C=O) groups is 2. The van der Waals surface area contributed by atoms with Crippen LogP contribution in [0, 0.1) is 30.6 Å².